The minimum absolute atomic E-state index is 0.207. The Kier molecular flexibility index (Phi) is 4.89. The normalized spacial score (nSPS) is 17.3. The van der Waals surface area contributed by atoms with E-state index in [4.69, 9.17) is 4.74 Å². The maximum atomic E-state index is 13.7. The van der Waals surface area contributed by atoms with Gasteiger partial charge in [-0.15, -0.1) is 0 Å². The molecule has 4 rings (SSSR count). The molecule has 0 atom stereocenters. The van der Waals surface area contributed by atoms with Crippen LogP contribution in [0.25, 0.3) is 10.9 Å². The number of rotatable bonds is 5. The molecular weight excluding hydrogens is 343 g/mol. The number of nitrogens with zero attached hydrogens (tertiary/aromatic N) is 2. The molecule has 5 heteroatoms. The summed E-state index contributed by atoms with van der Waals surface area (Å²) in [6.45, 7) is 2.65. The van der Waals surface area contributed by atoms with Crippen molar-refractivity contribution in [3.8, 4) is 5.75 Å². The Bertz CT molecular complexity index is 915. The monoisotopic (exact) mass is 368 g/mol. The molecule has 0 aliphatic carbocycles. The van der Waals surface area contributed by atoms with Crippen molar-refractivity contribution in [1.82, 2.24) is 9.47 Å². The van der Waals surface area contributed by atoms with E-state index < -0.39 is 5.60 Å². The Balaban J connectivity index is 1.37. The van der Waals surface area contributed by atoms with Crippen LogP contribution in [0, 0.1) is 5.82 Å². The van der Waals surface area contributed by atoms with Gasteiger partial charge in [-0.1, -0.05) is 18.2 Å². The molecule has 0 saturated carbocycles. The van der Waals surface area contributed by atoms with Crippen molar-refractivity contribution < 1.29 is 14.2 Å². The summed E-state index contributed by atoms with van der Waals surface area (Å²) in [6.07, 6.45) is 3.40. The number of aromatic nitrogens is 1. The largest absolute Gasteiger partial charge is 0.491 e. The highest BCUT2D eigenvalue weighted by molar-refractivity contribution is 5.84. The molecule has 3 aromatic rings. The lowest BCUT2D eigenvalue weighted by atomic mass is 9.92. The third-order valence-corrected chi connectivity index (χ3v) is 5.47. The lowest BCUT2D eigenvalue weighted by molar-refractivity contribution is -0.0536. The number of aryl methyl sites for hydroxylation is 1. The molecule has 1 N–H and O–H groups in total. The molecule has 0 bridgehead atoms. The van der Waals surface area contributed by atoms with Crippen molar-refractivity contribution in [1.29, 1.82) is 0 Å². The third kappa shape index (κ3) is 3.99. The topological polar surface area (TPSA) is 37.6 Å². The third-order valence-electron chi connectivity index (χ3n) is 5.47. The van der Waals surface area contributed by atoms with Gasteiger partial charge in [0.2, 0.25) is 0 Å². The maximum Gasteiger partial charge on any atom is 0.123 e. The molecule has 1 aliphatic heterocycles. The van der Waals surface area contributed by atoms with Crippen LogP contribution in [-0.2, 0) is 13.6 Å². The van der Waals surface area contributed by atoms with Crippen LogP contribution in [0.2, 0.25) is 0 Å². The summed E-state index contributed by atoms with van der Waals surface area (Å²) in [5.74, 6) is 0.576. The van der Waals surface area contributed by atoms with E-state index in [-0.39, 0.29) is 5.82 Å². The maximum absolute atomic E-state index is 13.7. The fourth-order valence-electron chi connectivity index (χ4n) is 3.82. The first-order chi connectivity index (χ1) is 13.0. The molecule has 2 heterocycles. The van der Waals surface area contributed by atoms with Crippen molar-refractivity contribution in [2.45, 2.75) is 25.0 Å². The van der Waals surface area contributed by atoms with Crippen LogP contribution in [0.3, 0.4) is 0 Å². The average Bonchev–Trinajstić information content (AvgIpc) is 2.98. The fourth-order valence-corrected chi connectivity index (χ4v) is 3.82. The van der Waals surface area contributed by atoms with E-state index in [1.165, 1.54) is 6.07 Å². The minimum atomic E-state index is -0.794. The van der Waals surface area contributed by atoms with Gasteiger partial charge in [-0.25, -0.2) is 4.39 Å². The summed E-state index contributed by atoms with van der Waals surface area (Å²) in [5.41, 5.74) is 1.37. The molecule has 1 saturated heterocycles. The molecule has 4 nitrogen and oxygen atoms in total. The fraction of sp³-hybridized carbons (Fsp3) is 0.364. The lowest BCUT2D eigenvalue weighted by Gasteiger charge is -2.37. The Labute approximate surface area is 158 Å². The van der Waals surface area contributed by atoms with Gasteiger partial charge in [0, 0.05) is 43.8 Å². The van der Waals surface area contributed by atoms with Gasteiger partial charge in [0.1, 0.15) is 23.8 Å². The number of likely N-dealkylation sites (tertiary alicyclic amines) is 1. The zero-order chi connectivity index (χ0) is 18.9. The Morgan fingerprint density at radius 3 is 2.59 bits per heavy atom. The summed E-state index contributed by atoms with van der Waals surface area (Å²) in [7, 11) is 1.99. The lowest BCUT2D eigenvalue weighted by Crippen LogP contribution is -2.47. The van der Waals surface area contributed by atoms with Gasteiger partial charge in [-0.2, -0.15) is 0 Å². The van der Waals surface area contributed by atoms with E-state index in [9.17, 15) is 9.50 Å². The number of piperidine rings is 1. The molecule has 142 valence electrons. The Hall–Kier alpha value is -2.37. The Morgan fingerprint density at radius 2 is 1.85 bits per heavy atom. The molecule has 1 fully saturated rings. The van der Waals surface area contributed by atoms with E-state index >= 15 is 0 Å². The number of para-hydroxylation sites is 1. The summed E-state index contributed by atoms with van der Waals surface area (Å²) >= 11 is 0. The first kappa shape index (κ1) is 18.0. The number of hydrogen-bond donors (Lipinski definition) is 1. The number of hydrogen-bond acceptors (Lipinski definition) is 3. The summed E-state index contributed by atoms with van der Waals surface area (Å²) in [4.78, 5) is 2.32. The standard InChI is InChI=1S/C22H25FN2O2/c1-24-14-17(20-13-18(23)7-8-21(20)24)15-25-11-9-22(26,10-12-25)16-27-19-5-3-2-4-6-19/h2-8,13-14,26H,9-12,15-16H2,1H3. The van der Waals surface area contributed by atoms with Gasteiger partial charge in [-0.05, 0) is 48.7 Å². The van der Waals surface area contributed by atoms with Crippen LogP contribution in [-0.4, -0.2) is 39.9 Å². The predicted octanol–water partition coefficient (Wildman–Crippen LogP) is 3.72. The number of ether oxygens (including phenoxy) is 1. The molecule has 1 aliphatic rings. The second-order valence-electron chi connectivity index (χ2n) is 7.53. The summed E-state index contributed by atoms with van der Waals surface area (Å²) in [6, 6.07) is 14.5. The minimum Gasteiger partial charge on any atom is -0.491 e. The van der Waals surface area contributed by atoms with Gasteiger partial charge in [-0.3, -0.25) is 4.90 Å². The highest BCUT2D eigenvalue weighted by Gasteiger charge is 2.33. The first-order valence-electron chi connectivity index (χ1n) is 9.38. The quantitative estimate of drug-likeness (QED) is 0.746. The SMILES string of the molecule is Cn1cc(CN2CCC(O)(COc3ccccc3)CC2)c2cc(F)ccc21. The van der Waals surface area contributed by atoms with Crippen LogP contribution in [0.5, 0.6) is 5.75 Å². The van der Waals surface area contributed by atoms with Crippen molar-refractivity contribution in [2.24, 2.45) is 7.05 Å². The van der Waals surface area contributed by atoms with Crippen molar-refractivity contribution in [3.05, 3.63) is 66.1 Å². The molecular formula is C22H25FN2O2. The molecule has 2 aromatic carbocycles. The summed E-state index contributed by atoms with van der Waals surface area (Å²) < 4.78 is 21.5. The van der Waals surface area contributed by atoms with Crippen molar-refractivity contribution >= 4 is 10.9 Å². The number of fused-ring (bicyclic) bond motifs is 1. The van der Waals surface area contributed by atoms with E-state index in [2.05, 4.69) is 11.1 Å². The number of benzene rings is 2. The Morgan fingerprint density at radius 1 is 1.11 bits per heavy atom. The van der Waals surface area contributed by atoms with Gasteiger partial charge in [0.05, 0.1) is 0 Å². The number of aliphatic hydroxyl groups is 1. The zero-order valence-electron chi connectivity index (χ0n) is 15.6. The van der Waals surface area contributed by atoms with Crippen LogP contribution in [0.15, 0.2) is 54.7 Å². The van der Waals surface area contributed by atoms with Gasteiger partial charge in [0.25, 0.3) is 0 Å². The molecule has 0 spiro atoms. The second kappa shape index (κ2) is 7.33. The second-order valence-corrected chi connectivity index (χ2v) is 7.53. The smallest absolute Gasteiger partial charge is 0.123 e. The van der Waals surface area contributed by atoms with Crippen LogP contribution in [0.1, 0.15) is 18.4 Å². The van der Waals surface area contributed by atoms with Crippen LogP contribution >= 0.6 is 0 Å². The van der Waals surface area contributed by atoms with Crippen LogP contribution < -0.4 is 4.74 Å². The highest BCUT2D eigenvalue weighted by atomic mass is 19.1. The van der Waals surface area contributed by atoms with Gasteiger partial charge in [0.15, 0.2) is 0 Å². The zero-order valence-corrected chi connectivity index (χ0v) is 15.6. The van der Waals surface area contributed by atoms with E-state index in [0.717, 1.165) is 41.9 Å². The van der Waals surface area contributed by atoms with Gasteiger partial charge >= 0.3 is 0 Å². The molecule has 0 amide bonds. The molecule has 27 heavy (non-hydrogen) atoms. The highest BCUT2D eigenvalue weighted by Crippen LogP contribution is 2.27. The molecule has 0 unspecified atom stereocenters. The predicted molar refractivity (Wildman–Crippen MR) is 104 cm³/mol. The summed E-state index contributed by atoms with van der Waals surface area (Å²) in [5, 5.41) is 11.8. The van der Waals surface area contributed by atoms with Gasteiger partial charge < -0.3 is 14.4 Å². The van der Waals surface area contributed by atoms with E-state index in [1.54, 1.807) is 6.07 Å². The van der Waals surface area contributed by atoms with Crippen LogP contribution in [0.4, 0.5) is 4.39 Å². The molecule has 1 aromatic heterocycles. The molecule has 0 radical (unpaired) electrons. The van der Waals surface area contributed by atoms with E-state index in [1.807, 2.05) is 48.0 Å². The van der Waals surface area contributed by atoms with E-state index in [0.29, 0.717) is 19.4 Å². The average molecular weight is 368 g/mol. The number of halogens is 1. The van der Waals surface area contributed by atoms with Crippen molar-refractivity contribution in [2.75, 3.05) is 19.7 Å². The van der Waals surface area contributed by atoms with Crippen molar-refractivity contribution in [3.63, 3.8) is 0 Å². The first-order valence-corrected chi connectivity index (χ1v) is 9.38.